The molecule has 2 aliphatic heterocycles. The number of rotatable bonds is 7. The van der Waals surface area contributed by atoms with Crippen LogP contribution in [0.25, 0.3) is 0 Å². The van der Waals surface area contributed by atoms with Crippen molar-refractivity contribution in [2.75, 3.05) is 59.0 Å². The summed E-state index contributed by atoms with van der Waals surface area (Å²) in [6.07, 6.45) is 2.67. The van der Waals surface area contributed by atoms with Gasteiger partial charge in [-0.2, -0.15) is 0 Å². The van der Waals surface area contributed by atoms with E-state index in [1.165, 1.54) is 25.9 Å². The van der Waals surface area contributed by atoms with Gasteiger partial charge in [0.25, 0.3) is 0 Å². The molecule has 152 valence electrons. The van der Waals surface area contributed by atoms with Crippen LogP contribution in [0.3, 0.4) is 0 Å². The van der Waals surface area contributed by atoms with E-state index in [1.54, 1.807) is 0 Å². The maximum Gasteiger partial charge on any atom is 0.191 e. The van der Waals surface area contributed by atoms with Gasteiger partial charge < -0.3 is 15.4 Å². The summed E-state index contributed by atoms with van der Waals surface area (Å²) in [6, 6.07) is 0.485. The molecule has 0 bridgehead atoms. The molecular weight excluding hydrogens is 326 g/mol. The lowest BCUT2D eigenvalue weighted by Crippen LogP contribution is -2.52. The van der Waals surface area contributed by atoms with E-state index in [-0.39, 0.29) is 5.54 Å². The van der Waals surface area contributed by atoms with Gasteiger partial charge in [-0.25, -0.2) is 0 Å². The first kappa shape index (κ1) is 21.5. The second-order valence-electron chi connectivity index (χ2n) is 8.58. The molecule has 2 saturated heterocycles. The Balaban J connectivity index is 1.86. The Morgan fingerprint density at radius 2 is 1.96 bits per heavy atom. The molecule has 2 atom stereocenters. The number of piperidine rings is 1. The molecule has 2 aliphatic rings. The van der Waals surface area contributed by atoms with Crippen molar-refractivity contribution in [1.29, 1.82) is 0 Å². The van der Waals surface area contributed by atoms with E-state index < -0.39 is 0 Å². The average Bonchev–Trinajstić information content (AvgIpc) is 2.64. The van der Waals surface area contributed by atoms with E-state index in [2.05, 4.69) is 55.1 Å². The number of likely N-dealkylation sites (tertiary alicyclic amines) is 1. The second-order valence-corrected chi connectivity index (χ2v) is 8.58. The Labute approximate surface area is 160 Å². The third-order valence-electron chi connectivity index (χ3n) is 5.72. The first-order valence-electron chi connectivity index (χ1n) is 10.5. The highest BCUT2D eigenvalue weighted by Gasteiger charge is 2.30. The molecule has 2 rings (SSSR count). The molecule has 2 N–H and O–H groups in total. The number of morpholine rings is 1. The summed E-state index contributed by atoms with van der Waals surface area (Å²) in [4.78, 5) is 10.0. The van der Waals surface area contributed by atoms with Crippen LogP contribution in [0.5, 0.6) is 0 Å². The van der Waals surface area contributed by atoms with Crippen molar-refractivity contribution in [2.45, 2.75) is 59.0 Å². The molecule has 0 aromatic heterocycles. The van der Waals surface area contributed by atoms with Crippen LogP contribution < -0.4 is 10.6 Å². The summed E-state index contributed by atoms with van der Waals surface area (Å²) in [5.41, 5.74) is 0.104. The van der Waals surface area contributed by atoms with E-state index in [1.807, 2.05) is 0 Å². The van der Waals surface area contributed by atoms with Gasteiger partial charge in [-0.05, 0) is 53.0 Å². The number of aliphatic imine (C=N–C) groups is 1. The topological polar surface area (TPSA) is 52.1 Å². The predicted molar refractivity (Wildman–Crippen MR) is 110 cm³/mol. The lowest BCUT2D eigenvalue weighted by atomic mass is 9.94. The van der Waals surface area contributed by atoms with Gasteiger partial charge in [-0.15, -0.1) is 0 Å². The molecule has 2 unspecified atom stereocenters. The Morgan fingerprint density at radius 1 is 1.23 bits per heavy atom. The summed E-state index contributed by atoms with van der Waals surface area (Å²) < 4.78 is 5.45. The molecule has 26 heavy (non-hydrogen) atoms. The Bertz CT molecular complexity index is 434. The van der Waals surface area contributed by atoms with Gasteiger partial charge in [-0.1, -0.05) is 6.92 Å². The standard InChI is InChI=1S/C20H41N5O/c1-6-21-19(22-14-18(3)24-10-12-26-13-11-24)23-16-20(4,5)25-9-7-8-17(2)15-25/h17-18H,6-16H2,1-5H3,(H2,21,22,23). The van der Waals surface area contributed by atoms with Crippen molar-refractivity contribution < 1.29 is 4.74 Å². The first-order chi connectivity index (χ1) is 12.4. The number of hydrogen-bond donors (Lipinski definition) is 2. The maximum atomic E-state index is 5.45. The van der Waals surface area contributed by atoms with Gasteiger partial charge in [0.05, 0.1) is 19.8 Å². The maximum absolute atomic E-state index is 5.45. The molecular formula is C20H41N5O. The van der Waals surface area contributed by atoms with Crippen LogP contribution in [0.2, 0.25) is 0 Å². The van der Waals surface area contributed by atoms with Crippen molar-refractivity contribution in [3.63, 3.8) is 0 Å². The minimum absolute atomic E-state index is 0.104. The van der Waals surface area contributed by atoms with Crippen molar-refractivity contribution in [3.05, 3.63) is 0 Å². The van der Waals surface area contributed by atoms with E-state index in [0.29, 0.717) is 6.04 Å². The summed E-state index contributed by atoms with van der Waals surface area (Å²) in [7, 11) is 0. The van der Waals surface area contributed by atoms with Crippen molar-refractivity contribution in [2.24, 2.45) is 10.9 Å². The third kappa shape index (κ3) is 6.71. The van der Waals surface area contributed by atoms with Crippen LogP contribution in [0.15, 0.2) is 4.99 Å². The second kappa shape index (κ2) is 10.5. The van der Waals surface area contributed by atoms with Crippen LogP contribution in [0.1, 0.15) is 47.5 Å². The molecule has 0 amide bonds. The number of nitrogens with zero attached hydrogens (tertiary/aromatic N) is 3. The summed E-state index contributed by atoms with van der Waals surface area (Å²) in [5.74, 6) is 1.73. The van der Waals surface area contributed by atoms with E-state index in [4.69, 9.17) is 9.73 Å². The zero-order chi connectivity index (χ0) is 19.0. The zero-order valence-corrected chi connectivity index (χ0v) is 17.7. The SMILES string of the molecule is CCNC(=NCC(C)(C)N1CCCC(C)C1)NCC(C)N1CCOCC1. The van der Waals surface area contributed by atoms with Crippen LogP contribution in [-0.2, 0) is 4.74 Å². The molecule has 6 nitrogen and oxygen atoms in total. The van der Waals surface area contributed by atoms with Gasteiger partial charge in [0.1, 0.15) is 0 Å². The van der Waals surface area contributed by atoms with Gasteiger partial charge in [0.15, 0.2) is 5.96 Å². The van der Waals surface area contributed by atoms with Gasteiger partial charge in [-0.3, -0.25) is 14.8 Å². The highest BCUT2D eigenvalue weighted by Crippen LogP contribution is 2.24. The zero-order valence-electron chi connectivity index (χ0n) is 17.7. The number of nitrogens with one attached hydrogen (secondary N) is 2. The highest BCUT2D eigenvalue weighted by atomic mass is 16.5. The Hall–Kier alpha value is -0.850. The normalized spacial score (nSPS) is 25.1. The lowest BCUT2D eigenvalue weighted by Gasteiger charge is -2.42. The fourth-order valence-corrected chi connectivity index (χ4v) is 3.85. The van der Waals surface area contributed by atoms with Crippen molar-refractivity contribution in [1.82, 2.24) is 20.4 Å². The van der Waals surface area contributed by atoms with Crippen molar-refractivity contribution >= 4 is 5.96 Å². The molecule has 0 radical (unpaired) electrons. The van der Waals surface area contributed by atoms with Crippen LogP contribution in [0.4, 0.5) is 0 Å². The number of ether oxygens (including phenoxy) is 1. The molecule has 0 spiro atoms. The molecule has 2 heterocycles. The summed E-state index contributed by atoms with van der Waals surface area (Å²) in [5, 5.41) is 6.94. The minimum Gasteiger partial charge on any atom is -0.379 e. The number of hydrogen-bond acceptors (Lipinski definition) is 4. The van der Waals surface area contributed by atoms with Crippen LogP contribution in [0, 0.1) is 5.92 Å². The highest BCUT2D eigenvalue weighted by molar-refractivity contribution is 5.79. The largest absolute Gasteiger partial charge is 0.379 e. The van der Waals surface area contributed by atoms with Gasteiger partial charge in [0.2, 0.25) is 0 Å². The summed E-state index contributed by atoms with van der Waals surface area (Å²) in [6.45, 7) is 20.2. The predicted octanol–water partition coefficient (Wildman–Crippen LogP) is 1.77. The monoisotopic (exact) mass is 367 g/mol. The molecule has 0 aliphatic carbocycles. The molecule has 6 heteroatoms. The molecule has 2 fully saturated rings. The van der Waals surface area contributed by atoms with E-state index in [0.717, 1.165) is 57.8 Å². The molecule has 0 aromatic rings. The van der Waals surface area contributed by atoms with Crippen LogP contribution >= 0.6 is 0 Å². The average molecular weight is 368 g/mol. The van der Waals surface area contributed by atoms with Crippen LogP contribution in [-0.4, -0.2) is 86.4 Å². The van der Waals surface area contributed by atoms with Gasteiger partial charge >= 0.3 is 0 Å². The van der Waals surface area contributed by atoms with E-state index >= 15 is 0 Å². The Morgan fingerprint density at radius 3 is 2.62 bits per heavy atom. The molecule has 0 saturated carbocycles. The fraction of sp³-hybridized carbons (Fsp3) is 0.950. The quantitative estimate of drug-likeness (QED) is 0.531. The molecule has 0 aromatic carbocycles. The summed E-state index contributed by atoms with van der Waals surface area (Å²) >= 11 is 0. The third-order valence-corrected chi connectivity index (χ3v) is 5.72. The van der Waals surface area contributed by atoms with Crippen molar-refractivity contribution in [3.8, 4) is 0 Å². The first-order valence-corrected chi connectivity index (χ1v) is 10.5. The fourth-order valence-electron chi connectivity index (χ4n) is 3.85. The van der Waals surface area contributed by atoms with E-state index in [9.17, 15) is 0 Å². The lowest BCUT2D eigenvalue weighted by molar-refractivity contribution is 0.0211. The minimum atomic E-state index is 0.104. The number of guanidine groups is 1. The Kier molecular flexibility index (Phi) is 8.64. The van der Waals surface area contributed by atoms with Gasteiger partial charge in [0, 0.05) is 44.3 Å². The smallest absolute Gasteiger partial charge is 0.191 e.